The van der Waals surface area contributed by atoms with E-state index in [4.69, 9.17) is 11.6 Å². The van der Waals surface area contributed by atoms with E-state index in [0.717, 1.165) is 6.07 Å². The number of pyridine rings is 1. The van der Waals surface area contributed by atoms with Crippen LogP contribution in [-0.2, 0) is 12.6 Å². The molecule has 0 aliphatic carbocycles. The Labute approximate surface area is 162 Å². The molecule has 0 aliphatic rings. The highest BCUT2D eigenvalue weighted by molar-refractivity contribution is 6.30. The van der Waals surface area contributed by atoms with Crippen LogP contribution < -0.4 is 10.9 Å². The number of anilines is 1. The number of amides is 1. The highest BCUT2D eigenvalue weighted by Gasteiger charge is 2.32. The molecule has 0 spiro atoms. The Balaban J connectivity index is 1.89. The Morgan fingerprint density at radius 2 is 1.89 bits per heavy atom. The molecule has 2 aromatic heterocycles. The van der Waals surface area contributed by atoms with E-state index in [1.165, 1.54) is 6.20 Å². The van der Waals surface area contributed by atoms with Crippen LogP contribution in [0, 0.1) is 0 Å². The summed E-state index contributed by atoms with van der Waals surface area (Å²) in [7, 11) is 0. The normalized spacial score (nSPS) is 11.5. The maximum atomic E-state index is 12.6. The maximum Gasteiger partial charge on any atom is 0.431 e. The topological polar surface area (TPSA) is 79.8 Å². The number of carbonyl (C=O) groups excluding carboxylic acids is 1. The first-order valence-electron chi connectivity index (χ1n) is 8.15. The van der Waals surface area contributed by atoms with Crippen molar-refractivity contribution in [3.05, 3.63) is 74.9 Å². The van der Waals surface area contributed by atoms with Gasteiger partial charge < -0.3 is 10.3 Å². The van der Waals surface area contributed by atoms with E-state index in [-0.39, 0.29) is 11.3 Å². The van der Waals surface area contributed by atoms with Crippen molar-refractivity contribution >= 4 is 23.2 Å². The second kappa shape index (κ2) is 7.51. The van der Waals surface area contributed by atoms with Gasteiger partial charge in [-0.25, -0.2) is 4.68 Å². The maximum absolute atomic E-state index is 12.6. The average molecular weight is 411 g/mol. The van der Waals surface area contributed by atoms with E-state index in [2.05, 4.69) is 10.4 Å². The predicted octanol–water partition coefficient (Wildman–Crippen LogP) is 4.05. The molecule has 0 unspecified atom stereocenters. The summed E-state index contributed by atoms with van der Waals surface area (Å²) in [5.41, 5.74) is -1.07. The first-order valence-corrected chi connectivity index (χ1v) is 8.53. The number of rotatable bonds is 4. The number of aromatic amines is 1. The standard InChI is InChI=1S/C18H14ClF3N4O2/c1-2-14-12(9-23-26(14)11-5-3-10(19)4-6-11)16(27)24-13-7-8-15(18(20,21)22)25-17(13)28/h3-9H,2H2,1H3,(H,24,27)(H,25,28). The Morgan fingerprint density at radius 1 is 1.21 bits per heavy atom. The van der Waals surface area contributed by atoms with Crippen LogP contribution >= 0.6 is 11.6 Å². The van der Waals surface area contributed by atoms with Crippen LogP contribution in [0.5, 0.6) is 0 Å². The van der Waals surface area contributed by atoms with Crippen molar-refractivity contribution in [3.63, 3.8) is 0 Å². The minimum absolute atomic E-state index is 0.205. The van der Waals surface area contributed by atoms with Crippen molar-refractivity contribution in [2.45, 2.75) is 19.5 Å². The number of nitrogens with zero attached hydrogens (tertiary/aromatic N) is 2. The Hall–Kier alpha value is -3.07. The van der Waals surface area contributed by atoms with E-state index in [1.807, 2.05) is 6.92 Å². The van der Waals surface area contributed by atoms with E-state index in [1.54, 1.807) is 33.9 Å². The van der Waals surface area contributed by atoms with E-state index >= 15 is 0 Å². The van der Waals surface area contributed by atoms with E-state index < -0.39 is 23.3 Å². The van der Waals surface area contributed by atoms with Crippen molar-refractivity contribution < 1.29 is 18.0 Å². The van der Waals surface area contributed by atoms with E-state index in [9.17, 15) is 22.8 Å². The van der Waals surface area contributed by atoms with Crippen LogP contribution in [0.15, 0.2) is 47.4 Å². The molecule has 10 heteroatoms. The molecule has 0 bridgehead atoms. The Bertz CT molecular complexity index is 1070. The zero-order valence-electron chi connectivity index (χ0n) is 14.5. The van der Waals surface area contributed by atoms with Gasteiger partial charge in [0.05, 0.1) is 23.1 Å². The van der Waals surface area contributed by atoms with Crippen LogP contribution in [-0.4, -0.2) is 20.7 Å². The van der Waals surface area contributed by atoms with Gasteiger partial charge >= 0.3 is 6.18 Å². The van der Waals surface area contributed by atoms with Gasteiger partial charge in [0, 0.05) is 5.02 Å². The zero-order chi connectivity index (χ0) is 20.5. The number of benzene rings is 1. The molecule has 146 valence electrons. The molecule has 0 aliphatic heterocycles. The van der Waals surface area contributed by atoms with Gasteiger partial charge in [0.2, 0.25) is 0 Å². The quantitative estimate of drug-likeness (QED) is 0.681. The molecule has 2 heterocycles. The van der Waals surface area contributed by atoms with Crippen LogP contribution in [0.1, 0.15) is 28.7 Å². The third-order valence-electron chi connectivity index (χ3n) is 3.98. The molecule has 0 saturated heterocycles. The molecule has 3 aromatic rings. The fourth-order valence-electron chi connectivity index (χ4n) is 2.64. The van der Waals surface area contributed by atoms with Crippen LogP contribution in [0.2, 0.25) is 5.02 Å². The fourth-order valence-corrected chi connectivity index (χ4v) is 2.76. The smallest absolute Gasteiger partial charge is 0.317 e. The zero-order valence-corrected chi connectivity index (χ0v) is 15.2. The summed E-state index contributed by atoms with van der Waals surface area (Å²) in [5.74, 6) is -0.651. The second-order valence-corrected chi connectivity index (χ2v) is 6.25. The first kappa shape index (κ1) is 19.7. The van der Waals surface area contributed by atoms with Crippen molar-refractivity contribution in [1.82, 2.24) is 14.8 Å². The first-order chi connectivity index (χ1) is 13.2. The number of H-pyrrole nitrogens is 1. The third-order valence-corrected chi connectivity index (χ3v) is 4.23. The lowest BCUT2D eigenvalue weighted by Crippen LogP contribution is -2.23. The number of nitrogens with one attached hydrogen (secondary N) is 2. The molecule has 6 nitrogen and oxygen atoms in total. The van der Waals surface area contributed by atoms with Gasteiger partial charge in [0.1, 0.15) is 11.4 Å². The summed E-state index contributed by atoms with van der Waals surface area (Å²) < 4.78 is 39.5. The molecule has 3 rings (SSSR count). The molecule has 0 radical (unpaired) electrons. The lowest BCUT2D eigenvalue weighted by atomic mass is 10.2. The van der Waals surface area contributed by atoms with Gasteiger partial charge in [0.15, 0.2) is 0 Å². The summed E-state index contributed by atoms with van der Waals surface area (Å²) in [5, 5.41) is 7.08. The summed E-state index contributed by atoms with van der Waals surface area (Å²) in [6, 6.07) is 8.43. The predicted molar refractivity (Wildman–Crippen MR) is 98.0 cm³/mol. The summed E-state index contributed by atoms with van der Waals surface area (Å²) in [4.78, 5) is 26.1. The van der Waals surface area contributed by atoms with Gasteiger partial charge in [-0.2, -0.15) is 18.3 Å². The molecule has 0 saturated carbocycles. The van der Waals surface area contributed by atoms with Gasteiger partial charge in [-0.1, -0.05) is 18.5 Å². The van der Waals surface area contributed by atoms with Crippen LogP contribution in [0.25, 0.3) is 5.69 Å². The molecular weight excluding hydrogens is 397 g/mol. The fraction of sp³-hybridized carbons (Fsp3) is 0.167. The Kier molecular flexibility index (Phi) is 5.28. The molecule has 1 amide bonds. The average Bonchev–Trinajstić information content (AvgIpc) is 3.07. The number of hydrogen-bond acceptors (Lipinski definition) is 3. The highest BCUT2D eigenvalue weighted by atomic mass is 35.5. The number of hydrogen-bond donors (Lipinski definition) is 2. The van der Waals surface area contributed by atoms with Crippen molar-refractivity contribution in [1.29, 1.82) is 0 Å². The molecule has 28 heavy (non-hydrogen) atoms. The minimum atomic E-state index is -4.68. The largest absolute Gasteiger partial charge is 0.431 e. The number of halogens is 4. The monoisotopic (exact) mass is 410 g/mol. The van der Waals surface area contributed by atoms with Gasteiger partial charge in [-0.15, -0.1) is 0 Å². The lowest BCUT2D eigenvalue weighted by Gasteiger charge is -2.10. The minimum Gasteiger partial charge on any atom is -0.317 e. The summed E-state index contributed by atoms with van der Waals surface area (Å²) in [6.07, 6.45) is -2.90. The van der Waals surface area contributed by atoms with Crippen LogP contribution in [0.4, 0.5) is 18.9 Å². The van der Waals surface area contributed by atoms with Crippen molar-refractivity contribution in [2.24, 2.45) is 0 Å². The number of aromatic nitrogens is 3. The van der Waals surface area contributed by atoms with Gasteiger partial charge in [-0.05, 0) is 42.8 Å². The molecule has 0 atom stereocenters. The molecular formula is C18H14ClF3N4O2. The van der Waals surface area contributed by atoms with Gasteiger partial charge in [-0.3, -0.25) is 9.59 Å². The number of alkyl halides is 3. The van der Waals surface area contributed by atoms with Crippen molar-refractivity contribution in [2.75, 3.05) is 5.32 Å². The lowest BCUT2D eigenvalue weighted by molar-refractivity contribution is -0.141. The molecule has 1 aromatic carbocycles. The highest BCUT2D eigenvalue weighted by Crippen LogP contribution is 2.27. The van der Waals surface area contributed by atoms with Crippen molar-refractivity contribution in [3.8, 4) is 5.69 Å². The van der Waals surface area contributed by atoms with Gasteiger partial charge in [0.25, 0.3) is 11.5 Å². The summed E-state index contributed by atoms with van der Waals surface area (Å²) >= 11 is 5.88. The van der Waals surface area contributed by atoms with E-state index in [0.29, 0.717) is 28.9 Å². The summed E-state index contributed by atoms with van der Waals surface area (Å²) in [6.45, 7) is 1.82. The van der Waals surface area contributed by atoms with Crippen LogP contribution in [0.3, 0.4) is 0 Å². The Morgan fingerprint density at radius 3 is 2.46 bits per heavy atom. The SMILES string of the molecule is CCc1c(C(=O)Nc2ccc(C(F)(F)F)[nH]c2=O)cnn1-c1ccc(Cl)cc1. The molecule has 2 N–H and O–H groups in total. The number of carbonyl (C=O) groups is 1. The third kappa shape index (κ3) is 3.94. The molecule has 0 fully saturated rings. The second-order valence-electron chi connectivity index (χ2n) is 5.81.